The number of morpholine rings is 1. The normalized spacial score (nSPS) is 15.6. The van der Waals surface area contributed by atoms with E-state index in [9.17, 15) is 9.18 Å². The Morgan fingerprint density at radius 3 is 2.65 bits per heavy atom. The van der Waals surface area contributed by atoms with E-state index in [0.717, 1.165) is 28.7 Å². The molecular weight excluding hydrogens is 419 g/mol. The van der Waals surface area contributed by atoms with Crippen LogP contribution in [0.5, 0.6) is 11.5 Å². The second-order valence-electron chi connectivity index (χ2n) is 7.28. The number of carbonyl (C=O) groups is 1. The van der Waals surface area contributed by atoms with Gasteiger partial charge < -0.3 is 19.5 Å². The molecule has 1 aliphatic heterocycles. The third-order valence-corrected chi connectivity index (χ3v) is 6.55. The Morgan fingerprint density at radius 2 is 1.90 bits per heavy atom. The van der Waals surface area contributed by atoms with Crippen molar-refractivity contribution in [2.24, 2.45) is 0 Å². The first-order valence-corrected chi connectivity index (χ1v) is 10.9. The summed E-state index contributed by atoms with van der Waals surface area (Å²) in [6, 6.07) is 12.1. The van der Waals surface area contributed by atoms with Crippen LogP contribution in [0.1, 0.15) is 21.3 Å². The lowest BCUT2D eigenvalue weighted by atomic mass is 10.0. The average Bonchev–Trinajstić information content (AvgIpc) is 3.23. The molecule has 3 aromatic rings. The van der Waals surface area contributed by atoms with Gasteiger partial charge in [0.2, 0.25) is 0 Å². The Labute approximate surface area is 184 Å². The highest BCUT2D eigenvalue weighted by Gasteiger charge is 2.25. The number of hydrogen-bond donors (Lipinski definition) is 1. The second kappa shape index (κ2) is 9.64. The molecule has 0 spiro atoms. The van der Waals surface area contributed by atoms with E-state index >= 15 is 0 Å². The van der Waals surface area contributed by atoms with Crippen LogP contribution in [0.4, 0.5) is 4.39 Å². The molecule has 1 aromatic heterocycles. The summed E-state index contributed by atoms with van der Waals surface area (Å²) in [5.74, 6) is 0.836. The minimum Gasteiger partial charge on any atom is -0.493 e. The van der Waals surface area contributed by atoms with Gasteiger partial charge in [-0.1, -0.05) is 6.07 Å². The van der Waals surface area contributed by atoms with E-state index < -0.39 is 0 Å². The van der Waals surface area contributed by atoms with Crippen LogP contribution in [0, 0.1) is 5.82 Å². The van der Waals surface area contributed by atoms with Crippen molar-refractivity contribution in [3.63, 3.8) is 0 Å². The molecule has 1 amide bonds. The van der Waals surface area contributed by atoms with E-state index in [2.05, 4.69) is 10.2 Å². The van der Waals surface area contributed by atoms with Crippen molar-refractivity contribution in [3.8, 4) is 11.5 Å². The third-order valence-electron chi connectivity index (χ3n) is 5.44. The summed E-state index contributed by atoms with van der Waals surface area (Å²) >= 11 is 1.36. The molecule has 1 atom stereocenters. The number of carbonyl (C=O) groups excluding carboxylic acids is 1. The molecule has 0 radical (unpaired) electrons. The molecule has 4 rings (SSSR count). The molecule has 2 aromatic carbocycles. The first-order chi connectivity index (χ1) is 15.1. The molecule has 1 unspecified atom stereocenters. The molecule has 6 nitrogen and oxygen atoms in total. The predicted molar refractivity (Wildman–Crippen MR) is 119 cm³/mol. The minimum atomic E-state index is -0.307. The van der Waals surface area contributed by atoms with Gasteiger partial charge in [0.1, 0.15) is 5.82 Å². The molecule has 0 saturated carbocycles. The van der Waals surface area contributed by atoms with E-state index in [1.807, 2.05) is 18.2 Å². The van der Waals surface area contributed by atoms with Crippen LogP contribution in [0.3, 0.4) is 0 Å². The highest BCUT2D eigenvalue weighted by Crippen LogP contribution is 2.32. The number of fused-ring (bicyclic) bond motifs is 1. The fraction of sp³-hybridized carbons (Fsp3) is 0.348. The van der Waals surface area contributed by atoms with Crippen molar-refractivity contribution < 1.29 is 23.4 Å². The number of halogens is 1. The number of nitrogens with zero attached hydrogens (tertiary/aromatic N) is 1. The summed E-state index contributed by atoms with van der Waals surface area (Å²) in [7, 11) is 3.21. The van der Waals surface area contributed by atoms with Crippen LogP contribution in [0.25, 0.3) is 10.1 Å². The predicted octanol–water partition coefficient (Wildman–Crippen LogP) is 3.86. The van der Waals surface area contributed by atoms with Gasteiger partial charge in [-0.2, -0.15) is 0 Å². The lowest BCUT2D eigenvalue weighted by Crippen LogP contribution is -2.43. The van der Waals surface area contributed by atoms with Crippen molar-refractivity contribution in [1.29, 1.82) is 0 Å². The molecule has 0 bridgehead atoms. The Kier molecular flexibility index (Phi) is 6.70. The van der Waals surface area contributed by atoms with Crippen LogP contribution in [-0.4, -0.2) is 57.9 Å². The van der Waals surface area contributed by atoms with Gasteiger partial charge in [0, 0.05) is 24.3 Å². The van der Waals surface area contributed by atoms with Gasteiger partial charge in [-0.3, -0.25) is 9.69 Å². The fourth-order valence-corrected chi connectivity index (χ4v) is 4.77. The molecule has 31 heavy (non-hydrogen) atoms. The van der Waals surface area contributed by atoms with Gasteiger partial charge in [-0.15, -0.1) is 11.3 Å². The standard InChI is InChI=1S/C23H25FN2O4S/c1-28-19-5-3-15(12-20(19)29-2)18(26-7-9-30-10-8-26)14-25-23(27)22-13-16-11-17(24)4-6-21(16)31-22/h3-6,11-13,18H,7-10,14H2,1-2H3,(H,25,27). The number of thiophene rings is 1. The second-order valence-corrected chi connectivity index (χ2v) is 8.37. The summed E-state index contributed by atoms with van der Waals surface area (Å²) in [6.07, 6.45) is 0. The number of methoxy groups -OCH3 is 2. The molecule has 8 heteroatoms. The SMILES string of the molecule is COc1ccc(C(CNC(=O)c2cc3cc(F)ccc3s2)N2CCOCC2)cc1OC. The maximum Gasteiger partial charge on any atom is 0.261 e. The van der Waals surface area contributed by atoms with Gasteiger partial charge in [-0.25, -0.2) is 4.39 Å². The average molecular weight is 445 g/mol. The highest BCUT2D eigenvalue weighted by molar-refractivity contribution is 7.20. The number of rotatable bonds is 7. The number of nitrogens with one attached hydrogen (secondary N) is 1. The van der Waals surface area contributed by atoms with Crippen LogP contribution in [-0.2, 0) is 4.74 Å². The Bertz CT molecular complexity index is 1060. The van der Waals surface area contributed by atoms with Crippen molar-refractivity contribution in [3.05, 3.63) is 58.7 Å². The first-order valence-electron chi connectivity index (χ1n) is 10.1. The van der Waals surface area contributed by atoms with Crippen molar-refractivity contribution >= 4 is 27.3 Å². The quantitative estimate of drug-likeness (QED) is 0.600. The summed E-state index contributed by atoms with van der Waals surface area (Å²) in [5, 5.41) is 3.80. The van der Waals surface area contributed by atoms with E-state index in [0.29, 0.717) is 36.1 Å². The van der Waals surface area contributed by atoms with Gasteiger partial charge in [0.25, 0.3) is 5.91 Å². The zero-order valence-electron chi connectivity index (χ0n) is 17.5. The summed E-state index contributed by atoms with van der Waals surface area (Å²) in [4.78, 5) is 15.7. The fourth-order valence-electron chi connectivity index (χ4n) is 3.81. The van der Waals surface area contributed by atoms with Gasteiger partial charge in [0.15, 0.2) is 11.5 Å². The summed E-state index contributed by atoms with van der Waals surface area (Å²) in [5.41, 5.74) is 1.03. The van der Waals surface area contributed by atoms with Gasteiger partial charge in [0.05, 0.1) is 38.4 Å². The van der Waals surface area contributed by atoms with Gasteiger partial charge in [-0.05, 0) is 47.3 Å². The molecular formula is C23H25FN2O4S. The summed E-state index contributed by atoms with van der Waals surface area (Å²) in [6.45, 7) is 3.28. The van der Waals surface area contributed by atoms with Crippen molar-refractivity contribution in [2.45, 2.75) is 6.04 Å². The van der Waals surface area contributed by atoms with E-state index in [4.69, 9.17) is 14.2 Å². The molecule has 1 saturated heterocycles. The monoisotopic (exact) mass is 444 g/mol. The van der Waals surface area contributed by atoms with E-state index in [1.54, 1.807) is 26.4 Å². The number of benzene rings is 2. The zero-order chi connectivity index (χ0) is 21.8. The maximum absolute atomic E-state index is 13.5. The Balaban J connectivity index is 1.55. The van der Waals surface area contributed by atoms with Crippen LogP contribution < -0.4 is 14.8 Å². The third kappa shape index (κ3) is 4.81. The zero-order valence-corrected chi connectivity index (χ0v) is 18.3. The molecule has 0 aliphatic carbocycles. The molecule has 2 heterocycles. The van der Waals surface area contributed by atoms with Crippen LogP contribution in [0.2, 0.25) is 0 Å². The van der Waals surface area contributed by atoms with Crippen molar-refractivity contribution in [1.82, 2.24) is 10.2 Å². The van der Waals surface area contributed by atoms with E-state index in [1.165, 1.54) is 23.5 Å². The van der Waals surface area contributed by atoms with Crippen LogP contribution in [0.15, 0.2) is 42.5 Å². The lowest BCUT2D eigenvalue weighted by molar-refractivity contribution is 0.0162. The van der Waals surface area contributed by atoms with Crippen LogP contribution >= 0.6 is 11.3 Å². The first kappa shape index (κ1) is 21.5. The molecule has 1 fully saturated rings. The summed E-state index contributed by atoms with van der Waals surface area (Å²) < 4.78 is 30.7. The topological polar surface area (TPSA) is 60.0 Å². The maximum atomic E-state index is 13.5. The Morgan fingerprint density at radius 1 is 1.13 bits per heavy atom. The molecule has 1 aliphatic rings. The highest BCUT2D eigenvalue weighted by atomic mass is 32.1. The minimum absolute atomic E-state index is 0.0421. The molecule has 164 valence electrons. The largest absolute Gasteiger partial charge is 0.493 e. The number of ether oxygens (including phenoxy) is 3. The number of hydrogen-bond acceptors (Lipinski definition) is 6. The smallest absolute Gasteiger partial charge is 0.261 e. The molecule has 1 N–H and O–H groups in total. The number of amides is 1. The van der Waals surface area contributed by atoms with Crippen molar-refractivity contribution in [2.75, 3.05) is 47.1 Å². The lowest BCUT2D eigenvalue weighted by Gasteiger charge is -2.35. The van der Waals surface area contributed by atoms with Gasteiger partial charge >= 0.3 is 0 Å². The Hall–Kier alpha value is -2.68. The van der Waals surface area contributed by atoms with E-state index in [-0.39, 0.29) is 17.8 Å².